The van der Waals surface area contributed by atoms with Crippen LogP contribution in [0.15, 0.2) is 30.3 Å². The van der Waals surface area contributed by atoms with Crippen LogP contribution in [-0.4, -0.2) is 4.99 Å². The van der Waals surface area contributed by atoms with Crippen LogP contribution < -0.4 is 5.73 Å². The van der Waals surface area contributed by atoms with Crippen LogP contribution in [-0.2, 0) is 6.42 Å². The summed E-state index contributed by atoms with van der Waals surface area (Å²) in [4.78, 5) is 0.270. The van der Waals surface area contributed by atoms with Crippen LogP contribution >= 0.6 is 12.2 Å². The quantitative estimate of drug-likeness (QED) is 0.737. The van der Waals surface area contributed by atoms with Crippen molar-refractivity contribution in [2.75, 3.05) is 0 Å². The summed E-state index contributed by atoms with van der Waals surface area (Å²) in [5.41, 5.74) is 6.49. The van der Waals surface area contributed by atoms with Crippen molar-refractivity contribution in [3.8, 4) is 6.07 Å². The zero-order valence-electron chi connectivity index (χ0n) is 7.10. The Morgan fingerprint density at radius 2 is 2.08 bits per heavy atom. The standard InChI is InChI=1S/C10H10N2S/c11-7-9(10(12)13)6-8-4-2-1-3-5-8/h1-5,9H,6H2,(H2,12,13)/t9-/m0/s1. The van der Waals surface area contributed by atoms with Gasteiger partial charge in [0, 0.05) is 0 Å². The van der Waals surface area contributed by atoms with Gasteiger partial charge in [-0.1, -0.05) is 42.5 Å². The Morgan fingerprint density at radius 3 is 2.54 bits per heavy atom. The van der Waals surface area contributed by atoms with Gasteiger partial charge in [-0.2, -0.15) is 5.26 Å². The molecule has 66 valence electrons. The minimum atomic E-state index is -0.350. The van der Waals surface area contributed by atoms with Crippen molar-refractivity contribution in [1.29, 1.82) is 5.26 Å². The number of rotatable bonds is 3. The third-order valence-corrected chi connectivity index (χ3v) is 2.07. The van der Waals surface area contributed by atoms with E-state index in [1.54, 1.807) is 0 Å². The highest BCUT2D eigenvalue weighted by Crippen LogP contribution is 2.07. The summed E-state index contributed by atoms with van der Waals surface area (Å²) in [6, 6.07) is 11.8. The predicted molar refractivity (Wildman–Crippen MR) is 56.0 cm³/mol. The predicted octanol–water partition coefficient (Wildman–Crippen LogP) is 1.65. The summed E-state index contributed by atoms with van der Waals surface area (Å²) in [5, 5.41) is 8.74. The molecular weight excluding hydrogens is 180 g/mol. The number of thiocarbonyl (C=S) groups is 1. The molecule has 0 spiro atoms. The summed E-state index contributed by atoms with van der Waals surface area (Å²) >= 11 is 4.77. The first kappa shape index (κ1) is 9.69. The third-order valence-electron chi connectivity index (χ3n) is 1.78. The van der Waals surface area contributed by atoms with Gasteiger partial charge in [0.05, 0.1) is 11.1 Å². The first-order valence-electron chi connectivity index (χ1n) is 3.97. The fourth-order valence-electron chi connectivity index (χ4n) is 1.06. The maximum absolute atomic E-state index is 8.74. The highest BCUT2D eigenvalue weighted by molar-refractivity contribution is 7.80. The van der Waals surface area contributed by atoms with Gasteiger partial charge in [-0.15, -0.1) is 0 Å². The lowest BCUT2D eigenvalue weighted by Crippen LogP contribution is -2.21. The Hall–Kier alpha value is -1.40. The average Bonchev–Trinajstić information content (AvgIpc) is 2.15. The summed E-state index contributed by atoms with van der Waals surface area (Å²) < 4.78 is 0. The maximum Gasteiger partial charge on any atom is 0.100 e. The number of nitrogens with zero attached hydrogens (tertiary/aromatic N) is 1. The van der Waals surface area contributed by atoms with Gasteiger partial charge in [0.2, 0.25) is 0 Å². The molecule has 0 unspecified atom stereocenters. The second-order valence-electron chi connectivity index (χ2n) is 2.77. The lowest BCUT2D eigenvalue weighted by Gasteiger charge is -2.05. The molecule has 0 saturated heterocycles. The Balaban J connectivity index is 2.69. The zero-order chi connectivity index (χ0) is 9.68. The normalized spacial score (nSPS) is 11.6. The van der Waals surface area contributed by atoms with Crippen molar-refractivity contribution in [2.24, 2.45) is 11.7 Å². The minimum Gasteiger partial charge on any atom is -0.392 e. The Morgan fingerprint density at radius 1 is 1.46 bits per heavy atom. The van der Waals surface area contributed by atoms with Crippen molar-refractivity contribution >= 4 is 17.2 Å². The molecule has 0 bridgehead atoms. The van der Waals surface area contributed by atoms with Crippen molar-refractivity contribution < 1.29 is 0 Å². The van der Waals surface area contributed by atoms with E-state index in [0.29, 0.717) is 6.42 Å². The van der Waals surface area contributed by atoms with Crippen LogP contribution in [0.1, 0.15) is 5.56 Å². The van der Waals surface area contributed by atoms with Crippen molar-refractivity contribution in [1.82, 2.24) is 0 Å². The molecular formula is C10H10N2S. The van der Waals surface area contributed by atoms with Crippen LogP contribution in [0.4, 0.5) is 0 Å². The Bertz CT molecular complexity index is 327. The second-order valence-corrected chi connectivity index (χ2v) is 3.25. The van der Waals surface area contributed by atoms with E-state index in [0.717, 1.165) is 5.56 Å². The highest BCUT2D eigenvalue weighted by Gasteiger charge is 2.10. The number of benzene rings is 1. The van der Waals surface area contributed by atoms with Crippen LogP contribution in [0.5, 0.6) is 0 Å². The van der Waals surface area contributed by atoms with Crippen LogP contribution in [0.2, 0.25) is 0 Å². The monoisotopic (exact) mass is 190 g/mol. The van der Waals surface area contributed by atoms with E-state index in [-0.39, 0.29) is 10.9 Å². The molecule has 0 saturated carbocycles. The fraction of sp³-hybridized carbons (Fsp3) is 0.200. The second kappa shape index (κ2) is 4.58. The molecule has 1 aromatic rings. The molecule has 0 radical (unpaired) electrons. The van der Waals surface area contributed by atoms with Crippen LogP contribution in [0.25, 0.3) is 0 Å². The number of hydrogen-bond acceptors (Lipinski definition) is 2. The molecule has 3 heteroatoms. The van der Waals surface area contributed by atoms with Crippen molar-refractivity contribution in [3.05, 3.63) is 35.9 Å². The number of nitriles is 1. The number of nitrogens with two attached hydrogens (primary N) is 1. The van der Waals surface area contributed by atoms with Gasteiger partial charge >= 0.3 is 0 Å². The van der Waals surface area contributed by atoms with E-state index in [2.05, 4.69) is 6.07 Å². The molecule has 1 rings (SSSR count). The Kier molecular flexibility index (Phi) is 3.41. The molecule has 1 atom stereocenters. The van der Waals surface area contributed by atoms with Gasteiger partial charge in [0.25, 0.3) is 0 Å². The smallest absolute Gasteiger partial charge is 0.100 e. The lowest BCUT2D eigenvalue weighted by molar-refractivity contribution is 0.868. The number of hydrogen-bond donors (Lipinski definition) is 1. The van der Waals surface area contributed by atoms with Crippen LogP contribution in [0, 0.1) is 17.2 Å². The molecule has 0 amide bonds. The lowest BCUT2D eigenvalue weighted by atomic mass is 10.0. The Labute approximate surface area is 83.0 Å². The molecule has 0 aliphatic rings. The van der Waals surface area contributed by atoms with Gasteiger partial charge in [0.15, 0.2) is 0 Å². The molecule has 2 nitrogen and oxygen atoms in total. The van der Waals surface area contributed by atoms with Crippen LogP contribution in [0.3, 0.4) is 0 Å². The minimum absolute atomic E-state index is 0.270. The van der Waals surface area contributed by atoms with E-state index >= 15 is 0 Å². The van der Waals surface area contributed by atoms with Crippen molar-refractivity contribution in [3.63, 3.8) is 0 Å². The van der Waals surface area contributed by atoms with E-state index in [4.69, 9.17) is 23.2 Å². The van der Waals surface area contributed by atoms with E-state index in [1.165, 1.54) is 0 Å². The summed E-state index contributed by atoms with van der Waals surface area (Å²) in [7, 11) is 0. The SMILES string of the molecule is N#C[C@H](Cc1ccccc1)C(N)=S. The average molecular weight is 190 g/mol. The van der Waals surface area contributed by atoms with Gasteiger partial charge in [-0.3, -0.25) is 0 Å². The summed E-state index contributed by atoms with van der Waals surface area (Å²) in [6.07, 6.45) is 0.604. The molecule has 2 N–H and O–H groups in total. The van der Waals surface area contributed by atoms with Gasteiger partial charge < -0.3 is 5.73 Å². The third kappa shape index (κ3) is 2.85. The maximum atomic E-state index is 8.74. The molecule has 0 aliphatic carbocycles. The van der Waals surface area contributed by atoms with E-state index < -0.39 is 0 Å². The fourth-order valence-corrected chi connectivity index (χ4v) is 1.20. The van der Waals surface area contributed by atoms with Crippen molar-refractivity contribution in [2.45, 2.75) is 6.42 Å². The largest absolute Gasteiger partial charge is 0.392 e. The summed E-state index contributed by atoms with van der Waals surface area (Å²) in [6.45, 7) is 0. The highest BCUT2D eigenvalue weighted by atomic mass is 32.1. The first-order valence-corrected chi connectivity index (χ1v) is 4.37. The first-order chi connectivity index (χ1) is 6.24. The topological polar surface area (TPSA) is 49.8 Å². The molecule has 0 aliphatic heterocycles. The molecule has 1 aromatic carbocycles. The van der Waals surface area contributed by atoms with E-state index in [9.17, 15) is 0 Å². The molecule has 0 heterocycles. The summed E-state index contributed by atoms with van der Waals surface area (Å²) in [5.74, 6) is -0.350. The molecule has 0 fully saturated rings. The van der Waals surface area contributed by atoms with E-state index in [1.807, 2.05) is 30.3 Å². The zero-order valence-corrected chi connectivity index (χ0v) is 7.92. The molecule has 0 aromatic heterocycles. The van der Waals surface area contributed by atoms with Gasteiger partial charge in [-0.05, 0) is 12.0 Å². The van der Waals surface area contributed by atoms with Gasteiger partial charge in [-0.25, -0.2) is 0 Å². The molecule has 13 heavy (non-hydrogen) atoms. The van der Waals surface area contributed by atoms with Gasteiger partial charge in [0.1, 0.15) is 5.92 Å².